The molecular formula is C19H20N2O3. The van der Waals surface area contributed by atoms with Gasteiger partial charge in [0.1, 0.15) is 11.8 Å². The van der Waals surface area contributed by atoms with Crippen molar-refractivity contribution in [2.45, 2.75) is 19.4 Å². The molecule has 3 rings (SSSR count). The fourth-order valence-electron chi connectivity index (χ4n) is 2.79. The van der Waals surface area contributed by atoms with E-state index in [1.54, 1.807) is 29.2 Å². The standard InChI is InChI=1S/C19H20N2O3/c1-2-24-16-10-8-14(9-11-16)18(22)20-17-12-13-21(19(17)23)15-6-4-3-5-7-15/h3-11,17H,2,12-13H2,1H3,(H,20,22). The second-order valence-electron chi connectivity index (χ2n) is 5.60. The molecule has 24 heavy (non-hydrogen) atoms. The summed E-state index contributed by atoms with van der Waals surface area (Å²) in [5.41, 5.74) is 1.38. The topological polar surface area (TPSA) is 58.6 Å². The van der Waals surface area contributed by atoms with E-state index in [4.69, 9.17) is 4.74 Å². The van der Waals surface area contributed by atoms with Crippen molar-refractivity contribution in [1.82, 2.24) is 5.32 Å². The average Bonchev–Trinajstić information content (AvgIpc) is 2.97. The molecule has 1 saturated heterocycles. The van der Waals surface area contributed by atoms with Crippen molar-refractivity contribution >= 4 is 17.5 Å². The SMILES string of the molecule is CCOc1ccc(C(=O)NC2CCN(c3ccccc3)C2=O)cc1. The van der Waals surface area contributed by atoms with E-state index in [1.807, 2.05) is 37.3 Å². The maximum Gasteiger partial charge on any atom is 0.251 e. The quantitative estimate of drug-likeness (QED) is 0.920. The molecule has 1 N–H and O–H groups in total. The Morgan fingerprint density at radius 2 is 1.88 bits per heavy atom. The van der Waals surface area contributed by atoms with Crippen LogP contribution in [0.15, 0.2) is 54.6 Å². The lowest BCUT2D eigenvalue weighted by molar-refractivity contribution is -0.118. The van der Waals surface area contributed by atoms with Crippen molar-refractivity contribution in [3.8, 4) is 5.75 Å². The third-order valence-corrected chi connectivity index (χ3v) is 4.01. The fourth-order valence-corrected chi connectivity index (χ4v) is 2.79. The second-order valence-corrected chi connectivity index (χ2v) is 5.60. The number of anilines is 1. The lowest BCUT2D eigenvalue weighted by Gasteiger charge is -2.17. The first kappa shape index (κ1) is 16.1. The van der Waals surface area contributed by atoms with Crippen molar-refractivity contribution < 1.29 is 14.3 Å². The van der Waals surface area contributed by atoms with Crippen LogP contribution in [0.4, 0.5) is 5.69 Å². The molecule has 2 aromatic rings. The van der Waals surface area contributed by atoms with Crippen LogP contribution in [0, 0.1) is 0 Å². The number of carbonyl (C=O) groups excluding carboxylic acids is 2. The van der Waals surface area contributed by atoms with Crippen molar-refractivity contribution in [2.24, 2.45) is 0 Å². The smallest absolute Gasteiger partial charge is 0.251 e. The predicted molar refractivity (Wildman–Crippen MR) is 92.3 cm³/mol. The molecule has 1 atom stereocenters. The zero-order chi connectivity index (χ0) is 16.9. The number of nitrogens with one attached hydrogen (secondary N) is 1. The van der Waals surface area contributed by atoms with E-state index < -0.39 is 6.04 Å². The van der Waals surface area contributed by atoms with Crippen LogP contribution in [0.5, 0.6) is 5.75 Å². The van der Waals surface area contributed by atoms with Crippen LogP contribution in [0.3, 0.4) is 0 Å². The molecule has 5 heteroatoms. The van der Waals surface area contributed by atoms with Crippen LogP contribution in [0.25, 0.3) is 0 Å². The van der Waals surface area contributed by atoms with Crippen molar-refractivity contribution in [3.63, 3.8) is 0 Å². The van der Waals surface area contributed by atoms with Gasteiger partial charge in [0.15, 0.2) is 0 Å². The molecule has 5 nitrogen and oxygen atoms in total. The van der Waals surface area contributed by atoms with Crippen LogP contribution in [-0.4, -0.2) is 31.0 Å². The molecule has 1 aliphatic rings. The highest BCUT2D eigenvalue weighted by molar-refractivity contribution is 6.03. The summed E-state index contributed by atoms with van der Waals surface area (Å²) in [5, 5.41) is 2.83. The Morgan fingerprint density at radius 3 is 2.54 bits per heavy atom. The van der Waals surface area contributed by atoms with Gasteiger partial charge in [0, 0.05) is 17.8 Å². The normalized spacial score (nSPS) is 17.0. The fraction of sp³-hybridized carbons (Fsp3) is 0.263. The Balaban J connectivity index is 1.64. The summed E-state index contributed by atoms with van der Waals surface area (Å²) in [6.07, 6.45) is 0.608. The predicted octanol–water partition coefficient (Wildman–Crippen LogP) is 2.62. The molecule has 124 valence electrons. The summed E-state index contributed by atoms with van der Waals surface area (Å²) in [4.78, 5) is 26.6. The zero-order valence-corrected chi connectivity index (χ0v) is 13.6. The Bertz CT molecular complexity index is 713. The summed E-state index contributed by atoms with van der Waals surface area (Å²) in [6.45, 7) is 3.10. The number of carbonyl (C=O) groups is 2. The molecule has 0 bridgehead atoms. The first-order chi connectivity index (χ1) is 11.7. The molecule has 1 heterocycles. The minimum absolute atomic E-state index is 0.0690. The molecule has 1 unspecified atom stereocenters. The van der Waals surface area contributed by atoms with Crippen molar-refractivity contribution in [1.29, 1.82) is 0 Å². The minimum atomic E-state index is -0.482. The van der Waals surface area contributed by atoms with Gasteiger partial charge >= 0.3 is 0 Å². The molecule has 2 aromatic carbocycles. The molecule has 0 saturated carbocycles. The zero-order valence-electron chi connectivity index (χ0n) is 13.6. The van der Waals surface area contributed by atoms with E-state index in [1.165, 1.54) is 0 Å². The van der Waals surface area contributed by atoms with Gasteiger partial charge in [-0.25, -0.2) is 0 Å². The lowest BCUT2D eigenvalue weighted by atomic mass is 10.1. The van der Waals surface area contributed by atoms with Crippen LogP contribution in [0.2, 0.25) is 0 Å². The van der Waals surface area contributed by atoms with E-state index in [0.717, 1.165) is 11.4 Å². The van der Waals surface area contributed by atoms with Crippen LogP contribution in [-0.2, 0) is 4.79 Å². The molecule has 0 aliphatic carbocycles. The molecule has 0 radical (unpaired) electrons. The third-order valence-electron chi connectivity index (χ3n) is 4.01. The first-order valence-electron chi connectivity index (χ1n) is 8.09. The monoisotopic (exact) mass is 324 g/mol. The summed E-state index contributed by atoms with van der Waals surface area (Å²) in [5.74, 6) is 0.410. The minimum Gasteiger partial charge on any atom is -0.494 e. The number of ether oxygens (including phenoxy) is 1. The molecule has 0 aromatic heterocycles. The Labute approximate surface area is 141 Å². The lowest BCUT2D eigenvalue weighted by Crippen LogP contribution is -2.41. The number of amides is 2. The van der Waals surface area contributed by atoms with Gasteiger partial charge in [-0.3, -0.25) is 9.59 Å². The summed E-state index contributed by atoms with van der Waals surface area (Å²) in [6, 6.07) is 15.9. The number of hydrogen-bond donors (Lipinski definition) is 1. The molecular weight excluding hydrogens is 304 g/mol. The van der Waals surface area contributed by atoms with Crippen molar-refractivity contribution in [2.75, 3.05) is 18.1 Å². The number of benzene rings is 2. The van der Waals surface area contributed by atoms with Crippen LogP contribution >= 0.6 is 0 Å². The van der Waals surface area contributed by atoms with Gasteiger partial charge in [-0.1, -0.05) is 18.2 Å². The first-order valence-corrected chi connectivity index (χ1v) is 8.09. The number of hydrogen-bond acceptors (Lipinski definition) is 3. The van der Waals surface area contributed by atoms with Gasteiger partial charge in [0.2, 0.25) is 5.91 Å². The number of nitrogens with zero attached hydrogens (tertiary/aromatic N) is 1. The van der Waals surface area contributed by atoms with Gasteiger partial charge in [-0.2, -0.15) is 0 Å². The van der Waals surface area contributed by atoms with Gasteiger partial charge < -0.3 is 15.0 Å². The molecule has 1 fully saturated rings. The van der Waals surface area contributed by atoms with Crippen LogP contribution < -0.4 is 15.0 Å². The Morgan fingerprint density at radius 1 is 1.17 bits per heavy atom. The highest BCUT2D eigenvalue weighted by Crippen LogP contribution is 2.21. The van der Waals surface area contributed by atoms with Gasteiger partial charge in [-0.15, -0.1) is 0 Å². The number of rotatable bonds is 5. The highest BCUT2D eigenvalue weighted by Gasteiger charge is 2.33. The summed E-state index contributed by atoms with van der Waals surface area (Å²) >= 11 is 0. The molecule has 1 aliphatic heterocycles. The van der Waals surface area contributed by atoms with Gasteiger partial charge in [0.05, 0.1) is 6.61 Å². The average molecular weight is 324 g/mol. The highest BCUT2D eigenvalue weighted by atomic mass is 16.5. The van der Waals surface area contributed by atoms with E-state index >= 15 is 0 Å². The largest absolute Gasteiger partial charge is 0.494 e. The van der Waals surface area contributed by atoms with E-state index in [-0.39, 0.29) is 11.8 Å². The van der Waals surface area contributed by atoms with Gasteiger partial charge in [-0.05, 0) is 49.7 Å². The Hall–Kier alpha value is -2.82. The summed E-state index contributed by atoms with van der Waals surface area (Å²) in [7, 11) is 0. The summed E-state index contributed by atoms with van der Waals surface area (Å²) < 4.78 is 5.36. The molecule has 2 amide bonds. The maximum absolute atomic E-state index is 12.5. The van der Waals surface area contributed by atoms with Gasteiger partial charge in [0.25, 0.3) is 5.91 Å². The maximum atomic E-state index is 12.5. The molecule has 0 spiro atoms. The Kier molecular flexibility index (Phi) is 4.79. The van der Waals surface area contributed by atoms with Crippen LogP contribution in [0.1, 0.15) is 23.7 Å². The second kappa shape index (κ2) is 7.17. The van der Waals surface area contributed by atoms with Crippen molar-refractivity contribution in [3.05, 3.63) is 60.2 Å². The third kappa shape index (κ3) is 3.40. The van der Waals surface area contributed by atoms with E-state index in [0.29, 0.717) is 25.1 Å². The number of para-hydroxylation sites is 1. The van der Waals surface area contributed by atoms with E-state index in [9.17, 15) is 9.59 Å². The van der Waals surface area contributed by atoms with E-state index in [2.05, 4.69) is 5.32 Å².